The molecule has 6 bridgehead atoms. The highest BCUT2D eigenvalue weighted by Gasteiger charge is 2.42. The summed E-state index contributed by atoms with van der Waals surface area (Å²) in [6.07, 6.45) is 4.60. The molecule has 3 aromatic heterocycles. The molecule has 58 heavy (non-hydrogen) atoms. The number of cyclic esters (lactones) is 1. The van der Waals surface area contributed by atoms with Crippen LogP contribution in [0.5, 0.6) is 0 Å². The number of hydrazine groups is 1. The monoisotopic (exact) mass is 810 g/mol. The van der Waals surface area contributed by atoms with Crippen LogP contribution in [0.1, 0.15) is 76.3 Å². The molecule has 2 saturated heterocycles. The number of anilines is 1. The number of carbonyl (C=O) groups excluding carboxylic acids is 3. The number of rotatable bonds is 7. The first-order valence-electron chi connectivity index (χ1n) is 20.9. The number of aromatic nitrogens is 3. The van der Waals surface area contributed by atoms with Gasteiger partial charge in [0.25, 0.3) is 5.91 Å². The Hall–Kier alpha value is -4.37. The van der Waals surface area contributed by atoms with Gasteiger partial charge in [-0.1, -0.05) is 26.8 Å². The largest absolute Gasteiger partial charge is 0.464 e. The minimum Gasteiger partial charge on any atom is -0.464 e. The average Bonchev–Trinajstić information content (AvgIpc) is 3.65. The standard InChI is InChI=1S/C44H58N8O5S/c1-8-51-37-12-11-28-19-31(37)33(40(51)32-20-29(23-45-39(32)27(3)56-7)50-16-14-49(6)15-17-50)22-44(4,5)25-57-43(55)34-10-9-13-52(48-34)42(54)35(21-38-46-36(28)24-58-38)47-41(53)30-18-26(30)2/h11-12,19-20,23-24,26-27,30,34-35,48H,8-10,13-18,21-22,25H2,1-7H3,(H,47,53). The lowest BCUT2D eigenvalue weighted by Crippen LogP contribution is -2.60. The van der Waals surface area contributed by atoms with Crippen LogP contribution in [-0.2, 0) is 43.2 Å². The van der Waals surface area contributed by atoms with E-state index >= 15 is 0 Å². The molecule has 3 fully saturated rings. The Morgan fingerprint density at radius 1 is 1.16 bits per heavy atom. The molecule has 5 atom stereocenters. The molecule has 13 nitrogen and oxygen atoms in total. The number of thiazole rings is 1. The van der Waals surface area contributed by atoms with E-state index in [0.717, 1.165) is 94.5 Å². The topological polar surface area (TPSA) is 134 Å². The molecule has 0 radical (unpaired) electrons. The molecule has 2 N–H and O–H groups in total. The Balaban J connectivity index is 1.26. The first-order valence-corrected chi connectivity index (χ1v) is 21.8. The van der Waals surface area contributed by atoms with Gasteiger partial charge >= 0.3 is 5.97 Å². The van der Waals surface area contributed by atoms with E-state index in [-0.39, 0.29) is 42.8 Å². The Bertz CT molecular complexity index is 2190. The van der Waals surface area contributed by atoms with E-state index in [1.807, 2.05) is 25.4 Å². The number of hydrogen-bond donors (Lipinski definition) is 2. The third-order valence-electron chi connectivity index (χ3n) is 12.5. The van der Waals surface area contributed by atoms with Gasteiger partial charge < -0.3 is 29.2 Å². The predicted octanol–water partition coefficient (Wildman–Crippen LogP) is 5.61. The molecule has 1 saturated carbocycles. The second-order valence-electron chi connectivity index (χ2n) is 17.6. The lowest BCUT2D eigenvalue weighted by Gasteiger charge is -2.35. The fraction of sp³-hybridized carbons (Fsp3) is 0.568. The normalized spacial score (nSPS) is 24.7. The van der Waals surface area contributed by atoms with Gasteiger partial charge in [0.05, 0.1) is 46.7 Å². The number of nitrogens with one attached hydrogen (secondary N) is 2. The summed E-state index contributed by atoms with van der Waals surface area (Å²) in [6.45, 7) is 15.7. The van der Waals surface area contributed by atoms with Crippen LogP contribution >= 0.6 is 11.3 Å². The van der Waals surface area contributed by atoms with Crippen molar-refractivity contribution in [2.75, 3.05) is 58.4 Å². The van der Waals surface area contributed by atoms with Gasteiger partial charge in [-0.2, -0.15) is 0 Å². The number of methoxy groups -OCH3 is 1. The third-order valence-corrected chi connectivity index (χ3v) is 13.4. The summed E-state index contributed by atoms with van der Waals surface area (Å²) in [7, 11) is 3.89. The number of benzene rings is 1. The van der Waals surface area contributed by atoms with Crippen LogP contribution in [0.25, 0.3) is 33.4 Å². The number of hydrogen-bond acceptors (Lipinski definition) is 11. The van der Waals surface area contributed by atoms with Crippen molar-refractivity contribution in [1.82, 2.24) is 35.2 Å². The lowest BCUT2D eigenvalue weighted by molar-refractivity contribution is -0.155. The van der Waals surface area contributed by atoms with Crippen LogP contribution < -0.4 is 15.6 Å². The van der Waals surface area contributed by atoms with E-state index < -0.39 is 17.5 Å². The maximum absolute atomic E-state index is 14.1. The summed E-state index contributed by atoms with van der Waals surface area (Å²) in [6, 6.07) is 7.34. The van der Waals surface area contributed by atoms with E-state index in [1.54, 1.807) is 7.11 Å². The van der Waals surface area contributed by atoms with Crippen molar-refractivity contribution in [2.45, 2.75) is 91.5 Å². The zero-order chi connectivity index (χ0) is 40.9. The zero-order valence-electron chi connectivity index (χ0n) is 35.0. The van der Waals surface area contributed by atoms with Gasteiger partial charge in [-0.25, -0.2) is 10.4 Å². The van der Waals surface area contributed by atoms with E-state index in [9.17, 15) is 14.4 Å². The van der Waals surface area contributed by atoms with Gasteiger partial charge in [0, 0.05) is 91.5 Å². The summed E-state index contributed by atoms with van der Waals surface area (Å²) < 4.78 is 14.5. The number of aryl methyl sites for hydroxylation is 1. The van der Waals surface area contributed by atoms with Gasteiger partial charge in [0.1, 0.15) is 12.1 Å². The summed E-state index contributed by atoms with van der Waals surface area (Å²) in [5.74, 6) is -0.561. The maximum Gasteiger partial charge on any atom is 0.324 e. The molecule has 6 heterocycles. The summed E-state index contributed by atoms with van der Waals surface area (Å²) in [4.78, 5) is 56.1. The van der Waals surface area contributed by atoms with Crippen molar-refractivity contribution in [3.05, 3.63) is 52.1 Å². The average molecular weight is 811 g/mol. The number of esters is 1. The number of carbonyl (C=O) groups is 3. The molecule has 1 aromatic carbocycles. The van der Waals surface area contributed by atoms with E-state index in [2.05, 4.69) is 77.2 Å². The molecular weight excluding hydrogens is 753 g/mol. The number of amides is 2. The Morgan fingerprint density at radius 2 is 1.93 bits per heavy atom. The minimum absolute atomic E-state index is 0.0897. The molecule has 4 aromatic rings. The molecule has 14 heteroatoms. The molecule has 310 valence electrons. The molecule has 2 amide bonds. The molecule has 5 unspecified atom stereocenters. The number of ether oxygens (including phenoxy) is 2. The van der Waals surface area contributed by atoms with Crippen molar-refractivity contribution in [1.29, 1.82) is 0 Å². The number of likely N-dealkylation sites (N-methyl/N-ethyl adjacent to an activating group) is 1. The Kier molecular flexibility index (Phi) is 11.4. The smallest absolute Gasteiger partial charge is 0.324 e. The second kappa shape index (κ2) is 16.4. The lowest BCUT2D eigenvalue weighted by atomic mass is 9.84. The molecular formula is C44H58N8O5S. The maximum atomic E-state index is 14.1. The first kappa shape index (κ1) is 40.4. The van der Waals surface area contributed by atoms with Gasteiger partial charge in [0.2, 0.25) is 5.91 Å². The van der Waals surface area contributed by atoms with Gasteiger partial charge in [0.15, 0.2) is 0 Å². The van der Waals surface area contributed by atoms with E-state index in [4.69, 9.17) is 19.4 Å². The van der Waals surface area contributed by atoms with Gasteiger partial charge in [-0.15, -0.1) is 11.3 Å². The van der Waals surface area contributed by atoms with E-state index in [0.29, 0.717) is 31.7 Å². The Morgan fingerprint density at radius 3 is 2.66 bits per heavy atom. The minimum atomic E-state index is -0.825. The zero-order valence-corrected chi connectivity index (χ0v) is 35.8. The second-order valence-corrected chi connectivity index (χ2v) is 18.5. The SMILES string of the molecule is CCn1c(-c2cc(N3CCN(C)CC3)cnc2C(C)OC)c2c3cc(ccc31)-c1csc(n1)CC(NC(=O)C1CC1C)C(=O)N1CCCC(N1)C(=O)OCC(C)(C)C2. The summed E-state index contributed by atoms with van der Waals surface area (Å²) in [5, 5.41) is 8.46. The van der Waals surface area contributed by atoms with Gasteiger partial charge in [-0.3, -0.25) is 24.4 Å². The number of fused-ring (bicyclic) bond motifs is 6. The van der Waals surface area contributed by atoms with Crippen LogP contribution in [0.2, 0.25) is 0 Å². The quantitative estimate of drug-likeness (QED) is 0.227. The van der Waals surface area contributed by atoms with Crippen molar-refractivity contribution >= 4 is 45.7 Å². The highest BCUT2D eigenvalue weighted by molar-refractivity contribution is 7.10. The highest BCUT2D eigenvalue weighted by atomic mass is 32.1. The van der Waals surface area contributed by atoms with E-state index in [1.165, 1.54) is 16.3 Å². The number of pyridine rings is 1. The van der Waals surface area contributed by atoms with Crippen molar-refractivity contribution < 1.29 is 23.9 Å². The molecule has 4 aliphatic rings. The van der Waals surface area contributed by atoms with Crippen molar-refractivity contribution in [3.8, 4) is 22.5 Å². The summed E-state index contributed by atoms with van der Waals surface area (Å²) >= 11 is 1.49. The number of piperazine rings is 1. The molecule has 3 aliphatic heterocycles. The fourth-order valence-corrected chi connectivity index (χ4v) is 9.65. The first-order chi connectivity index (χ1) is 27.8. The van der Waals surface area contributed by atoms with Crippen molar-refractivity contribution in [2.24, 2.45) is 17.3 Å². The molecule has 0 spiro atoms. The highest BCUT2D eigenvalue weighted by Crippen LogP contribution is 2.43. The molecule has 8 rings (SSSR count). The van der Waals surface area contributed by atoms with Crippen LogP contribution in [-0.4, -0.2) is 108 Å². The predicted molar refractivity (Wildman–Crippen MR) is 226 cm³/mol. The number of nitrogens with zero attached hydrogens (tertiary/aromatic N) is 6. The van der Waals surface area contributed by atoms with Crippen LogP contribution in [0.3, 0.4) is 0 Å². The van der Waals surface area contributed by atoms with Crippen LogP contribution in [0.15, 0.2) is 35.8 Å². The Labute approximate surface area is 345 Å². The van der Waals surface area contributed by atoms with Gasteiger partial charge in [-0.05, 0) is 76.3 Å². The molecule has 1 aliphatic carbocycles. The summed E-state index contributed by atoms with van der Waals surface area (Å²) in [5.41, 5.74) is 10.9. The van der Waals surface area contributed by atoms with Crippen molar-refractivity contribution in [3.63, 3.8) is 0 Å². The fourth-order valence-electron chi connectivity index (χ4n) is 8.80. The van der Waals surface area contributed by atoms with Crippen LogP contribution in [0, 0.1) is 17.3 Å². The van der Waals surface area contributed by atoms with Crippen LogP contribution in [0.4, 0.5) is 5.69 Å². The third kappa shape index (κ3) is 8.12.